The van der Waals surface area contributed by atoms with Gasteiger partial charge in [0.25, 0.3) is 5.91 Å². The molecule has 0 radical (unpaired) electrons. The molecule has 1 N–H and O–H groups in total. The van der Waals surface area contributed by atoms with E-state index in [4.69, 9.17) is 5.10 Å². The third-order valence-corrected chi connectivity index (χ3v) is 7.22. The van der Waals surface area contributed by atoms with Crippen LogP contribution in [-0.2, 0) is 30.8 Å². The number of aryl methyl sites for hydroxylation is 2. The van der Waals surface area contributed by atoms with Gasteiger partial charge in [-0.1, -0.05) is 0 Å². The van der Waals surface area contributed by atoms with E-state index >= 15 is 0 Å². The molecule has 10 heteroatoms. The van der Waals surface area contributed by atoms with Crippen molar-refractivity contribution in [2.75, 3.05) is 6.54 Å². The molecule has 0 spiro atoms. The van der Waals surface area contributed by atoms with Crippen molar-refractivity contribution in [3.63, 3.8) is 0 Å². The third-order valence-electron chi connectivity index (χ3n) is 6.44. The van der Waals surface area contributed by atoms with E-state index in [1.54, 1.807) is 10.9 Å². The molecular weight excluding hydrogens is 438 g/mol. The second kappa shape index (κ2) is 8.74. The summed E-state index contributed by atoms with van der Waals surface area (Å²) in [5, 5.41) is 14.9. The maximum Gasteiger partial charge on any atom is 0.272 e. The van der Waals surface area contributed by atoms with Crippen LogP contribution in [0.1, 0.15) is 63.9 Å². The molecule has 0 unspecified atom stereocenters. The highest BCUT2D eigenvalue weighted by molar-refractivity contribution is 7.09. The number of fused-ring (bicyclic) bond motifs is 1. The van der Waals surface area contributed by atoms with Gasteiger partial charge in [0.15, 0.2) is 5.69 Å². The van der Waals surface area contributed by atoms with E-state index in [-0.39, 0.29) is 11.8 Å². The van der Waals surface area contributed by atoms with Crippen molar-refractivity contribution < 1.29 is 9.59 Å². The van der Waals surface area contributed by atoms with Crippen molar-refractivity contribution in [2.24, 2.45) is 5.92 Å². The Kier molecular flexibility index (Phi) is 5.77. The Balaban J connectivity index is 1.37. The molecule has 0 saturated heterocycles. The Bertz CT molecular complexity index is 1180. The van der Waals surface area contributed by atoms with E-state index < -0.39 is 6.04 Å². The minimum absolute atomic E-state index is 0.0101. The zero-order valence-corrected chi connectivity index (χ0v) is 20.1. The fraction of sp³-hybridized carbons (Fsp3) is 0.522. The molecule has 4 heterocycles. The summed E-state index contributed by atoms with van der Waals surface area (Å²) in [5.74, 6) is 0.443. The molecule has 2 aliphatic rings. The van der Waals surface area contributed by atoms with Crippen molar-refractivity contribution in [3.05, 3.63) is 51.0 Å². The lowest BCUT2D eigenvalue weighted by Crippen LogP contribution is -2.41. The molecule has 0 aromatic carbocycles. The summed E-state index contributed by atoms with van der Waals surface area (Å²) in [4.78, 5) is 32.5. The van der Waals surface area contributed by atoms with Gasteiger partial charge in [-0.3, -0.25) is 19.0 Å². The molecule has 1 saturated carbocycles. The summed E-state index contributed by atoms with van der Waals surface area (Å²) < 4.78 is 3.79. The fourth-order valence-electron chi connectivity index (χ4n) is 4.54. The van der Waals surface area contributed by atoms with Crippen LogP contribution in [0.25, 0.3) is 0 Å². The molecule has 174 valence electrons. The Hall–Kier alpha value is -3.01. The number of thiazole rings is 1. The summed E-state index contributed by atoms with van der Waals surface area (Å²) in [6.45, 7) is 8.00. The van der Waals surface area contributed by atoms with Crippen LogP contribution < -0.4 is 5.32 Å². The molecule has 3 aromatic heterocycles. The Labute approximate surface area is 196 Å². The maximum atomic E-state index is 13.4. The maximum absolute atomic E-state index is 13.4. The second-order valence-electron chi connectivity index (χ2n) is 9.07. The van der Waals surface area contributed by atoms with E-state index in [1.165, 1.54) is 24.2 Å². The topological polar surface area (TPSA) is 97.9 Å². The average Bonchev–Trinajstić information content (AvgIpc) is 3.18. The molecule has 1 aliphatic carbocycles. The SMILES string of the molecule is Cc1cc(C)n([C@H](C)C(=O)N2CCc3c(c(C(=O)NCc4nccs4)nn3CC3CC3)C2)n1. The zero-order chi connectivity index (χ0) is 23.1. The smallest absolute Gasteiger partial charge is 0.272 e. The first kappa shape index (κ1) is 21.8. The van der Waals surface area contributed by atoms with Gasteiger partial charge < -0.3 is 10.2 Å². The lowest BCUT2D eigenvalue weighted by molar-refractivity contribution is -0.135. The molecule has 5 rings (SSSR count). The van der Waals surface area contributed by atoms with Crippen molar-refractivity contribution >= 4 is 23.2 Å². The first-order valence-corrected chi connectivity index (χ1v) is 12.4. The van der Waals surface area contributed by atoms with Gasteiger partial charge in [0.1, 0.15) is 11.0 Å². The van der Waals surface area contributed by atoms with Crippen LogP contribution in [0.4, 0.5) is 0 Å². The largest absolute Gasteiger partial charge is 0.344 e. The predicted octanol–water partition coefficient (Wildman–Crippen LogP) is 2.64. The van der Waals surface area contributed by atoms with E-state index in [0.29, 0.717) is 37.7 Å². The highest BCUT2D eigenvalue weighted by atomic mass is 32.1. The zero-order valence-electron chi connectivity index (χ0n) is 19.2. The third kappa shape index (κ3) is 4.44. The first-order valence-electron chi connectivity index (χ1n) is 11.5. The first-order chi connectivity index (χ1) is 15.9. The molecule has 1 aliphatic heterocycles. The number of hydrogen-bond acceptors (Lipinski definition) is 6. The molecule has 2 amide bonds. The number of rotatable bonds is 7. The number of carbonyl (C=O) groups is 2. The van der Waals surface area contributed by atoms with Gasteiger partial charge in [0.2, 0.25) is 5.91 Å². The quantitative estimate of drug-likeness (QED) is 0.576. The molecule has 1 atom stereocenters. The van der Waals surface area contributed by atoms with Gasteiger partial charge in [-0.05, 0) is 45.6 Å². The van der Waals surface area contributed by atoms with E-state index in [2.05, 4.69) is 15.4 Å². The Morgan fingerprint density at radius 2 is 2.09 bits per heavy atom. The van der Waals surface area contributed by atoms with Gasteiger partial charge in [-0.25, -0.2) is 4.98 Å². The van der Waals surface area contributed by atoms with Crippen molar-refractivity contribution in [1.82, 2.24) is 34.8 Å². The van der Waals surface area contributed by atoms with Crippen LogP contribution in [0.15, 0.2) is 17.6 Å². The van der Waals surface area contributed by atoms with Crippen LogP contribution >= 0.6 is 11.3 Å². The summed E-state index contributed by atoms with van der Waals surface area (Å²) in [6.07, 6.45) is 4.85. The van der Waals surface area contributed by atoms with Gasteiger partial charge in [0, 0.05) is 54.6 Å². The van der Waals surface area contributed by atoms with Crippen LogP contribution in [-0.4, -0.2) is 47.8 Å². The lowest BCUT2D eigenvalue weighted by Gasteiger charge is -2.30. The molecule has 1 fully saturated rings. The summed E-state index contributed by atoms with van der Waals surface area (Å²) >= 11 is 1.51. The van der Waals surface area contributed by atoms with Crippen molar-refractivity contribution in [2.45, 2.75) is 65.7 Å². The number of aromatic nitrogens is 5. The Morgan fingerprint density at radius 3 is 2.76 bits per heavy atom. The summed E-state index contributed by atoms with van der Waals surface area (Å²) in [6, 6.07) is 1.58. The number of amides is 2. The van der Waals surface area contributed by atoms with Crippen LogP contribution in [0.2, 0.25) is 0 Å². The van der Waals surface area contributed by atoms with E-state index in [0.717, 1.165) is 34.2 Å². The van der Waals surface area contributed by atoms with Crippen molar-refractivity contribution in [1.29, 1.82) is 0 Å². The highest BCUT2D eigenvalue weighted by Gasteiger charge is 2.34. The summed E-state index contributed by atoms with van der Waals surface area (Å²) in [7, 11) is 0. The number of nitrogens with zero attached hydrogens (tertiary/aromatic N) is 6. The number of carbonyl (C=O) groups excluding carboxylic acids is 2. The highest BCUT2D eigenvalue weighted by Crippen LogP contribution is 2.33. The lowest BCUT2D eigenvalue weighted by atomic mass is 10.0. The van der Waals surface area contributed by atoms with Crippen LogP contribution in [0.5, 0.6) is 0 Å². The standard InChI is InChI=1S/C23H29N7O2S/c1-14-10-15(2)30(26-14)16(3)23(32)28-8-6-19-18(13-28)21(27-29(19)12-17-4-5-17)22(31)25-11-20-24-7-9-33-20/h7,9-10,16-17H,4-6,8,11-13H2,1-3H3,(H,25,31)/t16-/m1/s1. The second-order valence-corrected chi connectivity index (χ2v) is 10.0. The van der Waals surface area contributed by atoms with Crippen LogP contribution in [0.3, 0.4) is 0 Å². The monoisotopic (exact) mass is 467 g/mol. The predicted molar refractivity (Wildman–Crippen MR) is 124 cm³/mol. The van der Waals surface area contributed by atoms with Crippen molar-refractivity contribution in [3.8, 4) is 0 Å². The van der Waals surface area contributed by atoms with Gasteiger partial charge >= 0.3 is 0 Å². The van der Waals surface area contributed by atoms with Gasteiger partial charge in [0.05, 0.1) is 12.2 Å². The van der Waals surface area contributed by atoms with Crippen LogP contribution in [0, 0.1) is 19.8 Å². The van der Waals surface area contributed by atoms with E-state index in [9.17, 15) is 9.59 Å². The fourth-order valence-corrected chi connectivity index (χ4v) is 5.10. The average molecular weight is 468 g/mol. The van der Waals surface area contributed by atoms with Gasteiger partial charge in [-0.2, -0.15) is 10.2 Å². The number of hydrogen-bond donors (Lipinski definition) is 1. The minimum atomic E-state index is -0.399. The summed E-state index contributed by atoms with van der Waals surface area (Å²) in [5.41, 5.74) is 4.24. The molecule has 9 nitrogen and oxygen atoms in total. The molecular formula is C23H29N7O2S. The molecule has 33 heavy (non-hydrogen) atoms. The number of nitrogens with one attached hydrogen (secondary N) is 1. The Morgan fingerprint density at radius 1 is 1.27 bits per heavy atom. The molecule has 0 bridgehead atoms. The minimum Gasteiger partial charge on any atom is -0.344 e. The van der Waals surface area contributed by atoms with Gasteiger partial charge in [-0.15, -0.1) is 11.3 Å². The van der Waals surface area contributed by atoms with E-state index in [1.807, 2.05) is 41.8 Å². The molecule has 3 aromatic rings. The normalized spacial score (nSPS) is 16.5.